The Kier molecular flexibility index (Phi) is 3.18. The number of fused-ring (bicyclic) bond motifs is 1. The molecule has 0 saturated carbocycles. The van der Waals surface area contributed by atoms with Crippen LogP contribution in [0.15, 0.2) is 6.33 Å². The van der Waals surface area contributed by atoms with Crippen LogP contribution in [0, 0.1) is 0 Å². The fraction of sp³-hybridized carbons (Fsp3) is 0.667. The lowest BCUT2D eigenvalue weighted by molar-refractivity contribution is 0.562. The molecule has 1 atom stereocenters. The lowest BCUT2D eigenvalue weighted by Crippen LogP contribution is -2.48. The van der Waals surface area contributed by atoms with Crippen LogP contribution in [0.4, 0.5) is 5.82 Å². The summed E-state index contributed by atoms with van der Waals surface area (Å²) in [5, 5.41) is 3.33. The van der Waals surface area contributed by atoms with Crippen LogP contribution in [0.1, 0.15) is 18.2 Å². The number of nitrogens with zero attached hydrogens (tertiary/aromatic N) is 3. The van der Waals surface area contributed by atoms with Crippen LogP contribution < -0.4 is 10.2 Å². The van der Waals surface area contributed by atoms with E-state index in [-0.39, 0.29) is 17.5 Å². The summed E-state index contributed by atoms with van der Waals surface area (Å²) in [6.07, 6.45) is 2.50. The predicted molar refractivity (Wildman–Crippen MR) is 72.9 cm³/mol. The van der Waals surface area contributed by atoms with Crippen molar-refractivity contribution in [3.05, 3.63) is 17.6 Å². The maximum Gasteiger partial charge on any atom is 0.154 e. The molecule has 0 bridgehead atoms. The second-order valence-corrected chi connectivity index (χ2v) is 7.43. The van der Waals surface area contributed by atoms with Gasteiger partial charge in [-0.15, -0.1) is 0 Å². The van der Waals surface area contributed by atoms with Crippen molar-refractivity contribution in [1.82, 2.24) is 15.3 Å². The summed E-state index contributed by atoms with van der Waals surface area (Å²) >= 11 is 0. The third-order valence-corrected chi connectivity index (χ3v) is 5.59. The van der Waals surface area contributed by atoms with Crippen LogP contribution in [0.2, 0.25) is 0 Å². The van der Waals surface area contributed by atoms with Crippen LogP contribution in [0.25, 0.3) is 0 Å². The van der Waals surface area contributed by atoms with Gasteiger partial charge in [0.25, 0.3) is 0 Å². The molecule has 1 unspecified atom stereocenters. The zero-order chi connectivity index (χ0) is 13.5. The van der Waals surface area contributed by atoms with Gasteiger partial charge in [-0.25, -0.2) is 18.4 Å². The summed E-state index contributed by atoms with van der Waals surface area (Å²) in [5.41, 5.74) is 2.21. The van der Waals surface area contributed by atoms with Gasteiger partial charge < -0.3 is 10.2 Å². The maximum absolute atomic E-state index is 11.7. The smallest absolute Gasteiger partial charge is 0.154 e. The van der Waals surface area contributed by atoms with Crippen molar-refractivity contribution in [2.24, 2.45) is 0 Å². The Labute approximate surface area is 113 Å². The molecule has 104 valence electrons. The Morgan fingerprint density at radius 1 is 1.42 bits per heavy atom. The fourth-order valence-corrected chi connectivity index (χ4v) is 4.37. The predicted octanol–water partition coefficient (Wildman–Crippen LogP) is -0.254. The fourth-order valence-electron chi connectivity index (χ4n) is 2.82. The topological polar surface area (TPSA) is 75.2 Å². The number of sulfone groups is 1. The number of nitrogens with one attached hydrogen (secondary N) is 1. The molecule has 1 saturated heterocycles. The van der Waals surface area contributed by atoms with Gasteiger partial charge in [-0.2, -0.15) is 0 Å². The van der Waals surface area contributed by atoms with E-state index in [0.717, 1.165) is 36.6 Å². The standard InChI is InChI=1S/C12H18N4O2S/c1-9-7-19(17,18)5-4-16(9)12-10-6-13-3-2-11(10)14-8-15-12/h8-9,13H,2-7H2,1H3. The van der Waals surface area contributed by atoms with Gasteiger partial charge in [-0.1, -0.05) is 0 Å². The molecule has 3 heterocycles. The molecule has 7 heteroatoms. The van der Waals surface area contributed by atoms with Gasteiger partial charge in [0, 0.05) is 37.7 Å². The Balaban J connectivity index is 1.95. The van der Waals surface area contributed by atoms with Crippen molar-refractivity contribution >= 4 is 15.7 Å². The highest BCUT2D eigenvalue weighted by Crippen LogP contribution is 2.26. The van der Waals surface area contributed by atoms with Crippen LogP contribution in [0.3, 0.4) is 0 Å². The minimum atomic E-state index is -2.89. The zero-order valence-electron chi connectivity index (χ0n) is 11.0. The van der Waals surface area contributed by atoms with E-state index in [1.54, 1.807) is 6.33 Å². The van der Waals surface area contributed by atoms with Crippen molar-refractivity contribution in [1.29, 1.82) is 0 Å². The number of rotatable bonds is 1. The highest BCUT2D eigenvalue weighted by Gasteiger charge is 2.31. The lowest BCUT2D eigenvalue weighted by atomic mass is 10.1. The molecule has 3 rings (SSSR count). The van der Waals surface area contributed by atoms with E-state index in [9.17, 15) is 8.42 Å². The van der Waals surface area contributed by atoms with Gasteiger partial charge in [0.05, 0.1) is 17.2 Å². The summed E-state index contributed by atoms with van der Waals surface area (Å²) in [4.78, 5) is 10.8. The molecule has 0 spiro atoms. The van der Waals surface area contributed by atoms with E-state index in [0.29, 0.717) is 6.54 Å². The number of aromatic nitrogens is 2. The first kappa shape index (κ1) is 12.8. The first-order valence-electron chi connectivity index (χ1n) is 6.57. The average Bonchev–Trinajstić information content (AvgIpc) is 2.37. The lowest BCUT2D eigenvalue weighted by Gasteiger charge is -2.36. The molecular formula is C12H18N4O2S. The largest absolute Gasteiger partial charge is 0.351 e. The molecule has 2 aliphatic heterocycles. The summed E-state index contributed by atoms with van der Waals surface area (Å²) in [6, 6.07) is -0.0281. The van der Waals surface area contributed by atoms with Crippen molar-refractivity contribution in [3.63, 3.8) is 0 Å². The van der Waals surface area contributed by atoms with Gasteiger partial charge in [0.1, 0.15) is 12.1 Å². The quantitative estimate of drug-likeness (QED) is 0.765. The van der Waals surface area contributed by atoms with E-state index in [1.165, 1.54) is 0 Å². The second-order valence-electron chi connectivity index (χ2n) is 5.21. The van der Waals surface area contributed by atoms with E-state index < -0.39 is 9.84 Å². The molecule has 1 aromatic heterocycles. The SMILES string of the molecule is CC1CS(=O)(=O)CCN1c1ncnc2c1CNCC2. The molecule has 0 aromatic carbocycles. The number of hydrogen-bond acceptors (Lipinski definition) is 6. The Morgan fingerprint density at radius 2 is 2.26 bits per heavy atom. The second kappa shape index (κ2) is 4.72. The molecule has 6 nitrogen and oxygen atoms in total. The van der Waals surface area contributed by atoms with Crippen LogP contribution in [-0.2, 0) is 22.8 Å². The molecule has 1 fully saturated rings. The monoisotopic (exact) mass is 282 g/mol. The summed E-state index contributed by atoms with van der Waals surface area (Å²) < 4.78 is 23.3. The highest BCUT2D eigenvalue weighted by molar-refractivity contribution is 7.91. The minimum absolute atomic E-state index is 0.0281. The molecule has 19 heavy (non-hydrogen) atoms. The van der Waals surface area contributed by atoms with Gasteiger partial charge in [-0.3, -0.25) is 0 Å². The Morgan fingerprint density at radius 3 is 3.05 bits per heavy atom. The van der Waals surface area contributed by atoms with Gasteiger partial charge in [0.15, 0.2) is 9.84 Å². The molecule has 0 aliphatic carbocycles. The highest BCUT2D eigenvalue weighted by atomic mass is 32.2. The molecule has 2 aliphatic rings. The average molecular weight is 282 g/mol. The third kappa shape index (κ3) is 2.44. The van der Waals surface area contributed by atoms with Gasteiger partial charge in [-0.05, 0) is 6.92 Å². The van der Waals surface area contributed by atoms with E-state index in [4.69, 9.17) is 0 Å². The van der Waals surface area contributed by atoms with Crippen molar-refractivity contribution in [2.75, 3.05) is 29.5 Å². The van der Waals surface area contributed by atoms with Crippen LogP contribution in [0.5, 0.6) is 0 Å². The van der Waals surface area contributed by atoms with Gasteiger partial charge in [0.2, 0.25) is 0 Å². The first-order valence-corrected chi connectivity index (χ1v) is 8.39. The first-order chi connectivity index (χ1) is 9.07. The normalized spacial score (nSPS) is 25.9. The minimum Gasteiger partial charge on any atom is -0.351 e. The van der Waals surface area contributed by atoms with Gasteiger partial charge >= 0.3 is 0 Å². The Bertz CT molecular complexity index is 587. The van der Waals surface area contributed by atoms with Crippen molar-refractivity contribution < 1.29 is 8.42 Å². The maximum atomic E-state index is 11.7. The zero-order valence-corrected chi connectivity index (χ0v) is 11.8. The van der Waals surface area contributed by atoms with E-state index in [1.807, 2.05) is 6.92 Å². The molecule has 1 N–H and O–H groups in total. The van der Waals surface area contributed by atoms with Crippen molar-refractivity contribution in [2.45, 2.75) is 25.9 Å². The molecule has 0 amide bonds. The number of hydrogen-bond donors (Lipinski definition) is 1. The van der Waals surface area contributed by atoms with Crippen molar-refractivity contribution in [3.8, 4) is 0 Å². The van der Waals surface area contributed by atoms with Crippen LogP contribution >= 0.6 is 0 Å². The molecule has 0 radical (unpaired) electrons. The molecular weight excluding hydrogens is 264 g/mol. The summed E-state index contributed by atoms with van der Waals surface area (Å²) in [5.74, 6) is 1.32. The van der Waals surface area contributed by atoms with Crippen LogP contribution in [-0.4, -0.2) is 49.0 Å². The number of anilines is 1. The van der Waals surface area contributed by atoms with E-state index >= 15 is 0 Å². The summed E-state index contributed by atoms with van der Waals surface area (Å²) in [7, 11) is -2.89. The third-order valence-electron chi connectivity index (χ3n) is 3.79. The Hall–Kier alpha value is -1.21. The van der Waals surface area contributed by atoms with E-state index in [2.05, 4.69) is 20.2 Å². The molecule has 1 aromatic rings. The summed E-state index contributed by atoms with van der Waals surface area (Å²) in [6.45, 7) is 4.17.